The molecule has 1 atom stereocenters. The highest BCUT2D eigenvalue weighted by Crippen LogP contribution is 2.14. The molecular formula is C16H25N5O3Si. The van der Waals surface area contributed by atoms with Crippen LogP contribution in [-0.4, -0.2) is 46.1 Å². The lowest BCUT2D eigenvalue weighted by molar-refractivity contribution is 0.0670. The van der Waals surface area contributed by atoms with Crippen LogP contribution in [0.2, 0.25) is 25.7 Å². The van der Waals surface area contributed by atoms with E-state index in [2.05, 4.69) is 40.4 Å². The molecule has 9 heteroatoms. The average molecular weight is 363 g/mol. The maximum Gasteiger partial charge on any atom is 0.405 e. The molecule has 1 heterocycles. The van der Waals surface area contributed by atoms with Crippen LogP contribution in [0.25, 0.3) is 0 Å². The fourth-order valence-corrected chi connectivity index (χ4v) is 2.94. The highest BCUT2D eigenvalue weighted by Gasteiger charge is 2.20. The molecule has 1 aromatic heterocycles. The number of carbonyl (C=O) groups is 1. The summed E-state index contributed by atoms with van der Waals surface area (Å²) in [5, 5.41) is 23.7. The number of rotatable bonds is 9. The van der Waals surface area contributed by atoms with Gasteiger partial charge in [-0.15, -0.1) is 15.0 Å². The van der Waals surface area contributed by atoms with Gasteiger partial charge in [-0.2, -0.15) is 0 Å². The van der Waals surface area contributed by atoms with Gasteiger partial charge in [0.05, 0.1) is 0 Å². The average Bonchev–Trinajstić information content (AvgIpc) is 2.99. The van der Waals surface area contributed by atoms with Crippen molar-refractivity contribution in [1.29, 1.82) is 0 Å². The van der Waals surface area contributed by atoms with Crippen molar-refractivity contribution in [2.45, 2.75) is 44.9 Å². The summed E-state index contributed by atoms with van der Waals surface area (Å²) < 4.78 is 5.58. The number of nitrogens with one attached hydrogen (secondary N) is 1. The van der Waals surface area contributed by atoms with Gasteiger partial charge in [-0.3, -0.25) is 0 Å². The van der Waals surface area contributed by atoms with Gasteiger partial charge in [-0.1, -0.05) is 50.0 Å². The van der Waals surface area contributed by atoms with E-state index in [-0.39, 0.29) is 6.73 Å². The second kappa shape index (κ2) is 8.72. The number of ether oxygens (including phenoxy) is 1. The van der Waals surface area contributed by atoms with Crippen molar-refractivity contribution in [2.24, 2.45) is 0 Å². The van der Waals surface area contributed by atoms with Gasteiger partial charge < -0.3 is 15.2 Å². The van der Waals surface area contributed by atoms with Crippen molar-refractivity contribution < 1.29 is 14.6 Å². The minimum atomic E-state index is -1.14. The summed E-state index contributed by atoms with van der Waals surface area (Å²) in [6.07, 6.45) is -0.668. The van der Waals surface area contributed by atoms with E-state index in [4.69, 9.17) is 9.84 Å². The second-order valence-corrected chi connectivity index (χ2v) is 12.7. The maximum absolute atomic E-state index is 11.1. The number of tetrazole rings is 1. The summed E-state index contributed by atoms with van der Waals surface area (Å²) in [4.78, 5) is 12.4. The molecule has 25 heavy (non-hydrogen) atoms. The minimum Gasteiger partial charge on any atom is -0.465 e. The molecule has 0 aliphatic heterocycles. The second-order valence-electron chi connectivity index (χ2n) is 7.06. The van der Waals surface area contributed by atoms with Crippen LogP contribution < -0.4 is 5.32 Å². The topological polar surface area (TPSA) is 102 Å². The molecular weight excluding hydrogens is 338 g/mol. The van der Waals surface area contributed by atoms with Gasteiger partial charge in [0.25, 0.3) is 0 Å². The monoisotopic (exact) mass is 363 g/mol. The van der Waals surface area contributed by atoms with Gasteiger partial charge in [0.15, 0.2) is 12.6 Å². The molecule has 1 unspecified atom stereocenters. The fraction of sp³-hybridized carbons (Fsp3) is 0.500. The van der Waals surface area contributed by atoms with Crippen molar-refractivity contribution in [3.8, 4) is 0 Å². The highest BCUT2D eigenvalue weighted by atomic mass is 28.3. The molecule has 136 valence electrons. The first-order valence-corrected chi connectivity index (χ1v) is 11.9. The normalized spacial score (nSPS) is 12.8. The fourth-order valence-electron chi connectivity index (χ4n) is 2.18. The standard InChI is InChI=1S/C16H25N5O3Si/c1-25(2,3)10-9-24-12-21-19-15(18-20-21)14(17-16(22)23)11-13-7-5-4-6-8-13/h4-8,14,17H,9-12H2,1-3H3,(H,22,23). The molecule has 0 aliphatic carbocycles. The lowest BCUT2D eigenvalue weighted by Gasteiger charge is -2.15. The van der Waals surface area contributed by atoms with Crippen LogP contribution in [0.3, 0.4) is 0 Å². The molecule has 0 saturated carbocycles. The Kier molecular flexibility index (Phi) is 6.65. The summed E-state index contributed by atoms with van der Waals surface area (Å²) in [7, 11) is -1.14. The van der Waals surface area contributed by atoms with Gasteiger partial charge >= 0.3 is 6.09 Å². The van der Waals surface area contributed by atoms with Crippen molar-refractivity contribution in [1.82, 2.24) is 25.5 Å². The Bertz CT molecular complexity index is 672. The van der Waals surface area contributed by atoms with Crippen LogP contribution in [0, 0.1) is 0 Å². The summed E-state index contributed by atoms with van der Waals surface area (Å²) in [5.74, 6) is 0.333. The summed E-state index contributed by atoms with van der Waals surface area (Å²) in [6.45, 7) is 7.73. The zero-order valence-corrected chi connectivity index (χ0v) is 15.8. The van der Waals surface area contributed by atoms with Crippen LogP contribution in [0.5, 0.6) is 0 Å². The Morgan fingerprint density at radius 2 is 2.04 bits per heavy atom. The zero-order chi connectivity index (χ0) is 18.3. The molecule has 0 aliphatic rings. The summed E-state index contributed by atoms with van der Waals surface area (Å²) in [5.41, 5.74) is 0.990. The van der Waals surface area contributed by atoms with Crippen molar-refractivity contribution in [3.63, 3.8) is 0 Å². The number of hydrogen-bond donors (Lipinski definition) is 2. The number of carboxylic acid groups (broad SMARTS) is 1. The van der Waals surface area contributed by atoms with Crippen LogP contribution >= 0.6 is 0 Å². The lowest BCUT2D eigenvalue weighted by atomic mass is 10.1. The lowest BCUT2D eigenvalue weighted by Crippen LogP contribution is -2.29. The first-order chi connectivity index (χ1) is 11.8. The predicted molar refractivity (Wildman–Crippen MR) is 96.0 cm³/mol. The van der Waals surface area contributed by atoms with Gasteiger partial charge in [0.1, 0.15) is 6.04 Å². The van der Waals surface area contributed by atoms with Crippen LogP contribution in [0.1, 0.15) is 17.4 Å². The molecule has 0 fully saturated rings. The van der Waals surface area contributed by atoms with Crippen LogP contribution in [-0.2, 0) is 17.9 Å². The van der Waals surface area contributed by atoms with E-state index in [1.54, 1.807) is 0 Å². The van der Waals surface area contributed by atoms with Crippen LogP contribution in [0.15, 0.2) is 30.3 Å². The molecule has 0 bridgehead atoms. The zero-order valence-electron chi connectivity index (χ0n) is 14.8. The van der Waals surface area contributed by atoms with E-state index in [0.29, 0.717) is 18.9 Å². The first kappa shape index (κ1) is 19.1. The molecule has 1 amide bonds. The predicted octanol–water partition coefficient (Wildman–Crippen LogP) is 2.54. The number of nitrogens with zero attached hydrogens (tertiary/aromatic N) is 4. The maximum atomic E-state index is 11.1. The molecule has 0 saturated heterocycles. The Labute approximate surface area is 148 Å². The SMILES string of the molecule is C[Si](C)(C)CCOCn1nnc(C(Cc2ccccc2)NC(=O)O)n1. The van der Waals surface area contributed by atoms with Gasteiger partial charge in [-0.05, 0) is 16.8 Å². The molecule has 2 aromatic rings. The third kappa shape index (κ3) is 7.02. The highest BCUT2D eigenvalue weighted by molar-refractivity contribution is 6.76. The van der Waals surface area contributed by atoms with Crippen molar-refractivity contribution in [2.75, 3.05) is 6.61 Å². The van der Waals surface area contributed by atoms with E-state index in [1.807, 2.05) is 30.3 Å². The Hall–Kier alpha value is -2.26. The quantitative estimate of drug-likeness (QED) is 0.524. The minimum absolute atomic E-state index is 0.211. The third-order valence-corrected chi connectivity index (χ3v) is 5.27. The Morgan fingerprint density at radius 3 is 2.68 bits per heavy atom. The Balaban J connectivity index is 1.96. The van der Waals surface area contributed by atoms with Crippen molar-refractivity contribution in [3.05, 3.63) is 41.7 Å². The summed E-state index contributed by atoms with van der Waals surface area (Å²) in [6, 6.07) is 10.1. The van der Waals surface area contributed by atoms with Crippen molar-refractivity contribution >= 4 is 14.2 Å². The number of benzene rings is 1. The molecule has 8 nitrogen and oxygen atoms in total. The number of hydrogen-bond acceptors (Lipinski definition) is 5. The van der Waals surface area contributed by atoms with E-state index < -0.39 is 20.2 Å². The molecule has 2 N–H and O–H groups in total. The van der Waals surface area contributed by atoms with E-state index in [1.165, 1.54) is 4.80 Å². The van der Waals surface area contributed by atoms with E-state index in [9.17, 15) is 4.79 Å². The first-order valence-electron chi connectivity index (χ1n) is 8.22. The number of aromatic nitrogens is 4. The largest absolute Gasteiger partial charge is 0.465 e. The van der Waals surface area contributed by atoms with Gasteiger partial charge in [0.2, 0.25) is 0 Å². The van der Waals surface area contributed by atoms with Gasteiger partial charge in [-0.25, -0.2) is 4.79 Å². The van der Waals surface area contributed by atoms with E-state index >= 15 is 0 Å². The van der Waals surface area contributed by atoms with E-state index in [0.717, 1.165) is 11.6 Å². The smallest absolute Gasteiger partial charge is 0.405 e. The third-order valence-electron chi connectivity index (χ3n) is 3.56. The molecule has 0 radical (unpaired) electrons. The number of amides is 1. The Morgan fingerprint density at radius 1 is 1.32 bits per heavy atom. The molecule has 0 spiro atoms. The molecule has 1 aromatic carbocycles. The van der Waals surface area contributed by atoms with Gasteiger partial charge in [0, 0.05) is 21.1 Å². The summed E-state index contributed by atoms with van der Waals surface area (Å²) >= 11 is 0. The van der Waals surface area contributed by atoms with Crippen LogP contribution in [0.4, 0.5) is 4.79 Å². The molecule has 2 rings (SSSR count).